The Morgan fingerprint density at radius 2 is 1.81 bits per heavy atom. The van der Waals surface area contributed by atoms with Gasteiger partial charge in [-0.2, -0.15) is 0 Å². The van der Waals surface area contributed by atoms with Crippen molar-refractivity contribution in [2.24, 2.45) is 5.41 Å². The Balaban J connectivity index is 3.52. The summed E-state index contributed by atoms with van der Waals surface area (Å²) >= 11 is 0. The zero-order chi connectivity index (χ0) is 12.6. The standard InChI is InChI=1S/C12H22O4/c1-4-12(2,3)11(15)16-9-7-5-6-8-10(13)14/h4-9H2,1-3H3,(H,13,14)/p-1. The Hall–Kier alpha value is -1.06. The Morgan fingerprint density at radius 1 is 1.19 bits per heavy atom. The number of esters is 1. The summed E-state index contributed by atoms with van der Waals surface area (Å²) < 4.78 is 5.10. The Morgan fingerprint density at radius 3 is 2.31 bits per heavy atom. The van der Waals surface area contributed by atoms with Gasteiger partial charge in [0.2, 0.25) is 0 Å². The van der Waals surface area contributed by atoms with Crippen molar-refractivity contribution < 1.29 is 19.4 Å². The minimum Gasteiger partial charge on any atom is -0.550 e. The van der Waals surface area contributed by atoms with Crippen LogP contribution < -0.4 is 5.11 Å². The third-order valence-corrected chi connectivity index (χ3v) is 2.69. The molecular weight excluding hydrogens is 208 g/mol. The van der Waals surface area contributed by atoms with Crippen LogP contribution in [0.5, 0.6) is 0 Å². The molecule has 0 spiro atoms. The SMILES string of the molecule is CCC(C)(C)C(=O)OCCCCCC(=O)[O-]. The minimum absolute atomic E-state index is 0.0778. The number of carboxylic acids is 1. The lowest BCUT2D eigenvalue weighted by molar-refractivity contribution is -0.305. The summed E-state index contributed by atoms with van der Waals surface area (Å²) in [6, 6.07) is 0. The molecule has 94 valence electrons. The molecule has 4 heteroatoms. The Bertz CT molecular complexity index is 233. The molecule has 0 aliphatic rings. The highest BCUT2D eigenvalue weighted by Crippen LogP contribution is 2.21. The van der Waals surface area contributed by atoms with Crippen LogP contribution >= 0.6 is 0 Å². The van der Waals surface area contributed by atoms with Gasteiger partial charge in [0.1, 0.15) is 0 Å². The molecule has 0 saturated heterocycles. The number of unbranched alkanes of at least 4 members (excludes halogenated alkanes) is 2. The fourth-order valence-corrected chi connectivity index (χ4v) is 1.05. The predicted molar refractivity (Wildman–Crippen MR) is 58.5 cm³/mol. The van der Waals surface area contributed by atoms with E-state index in [0.29, 0.717) is 19.4 Å². The lowest BCUT2D eigenvalue weighted by Crippen LogP contribution is -2.26. The lowest BCUT2D eigenvalue weighted by Gasteiger charge is -2.20. The molecule has 0 fully saturated rings. The number of hydrogen-bond donors (Lipinski definition) is 0. The molecule has 0 unspecified atom stereocenters. The fourth-order valence-electron chi connectivity index (χ4n) is 1.05. The van der Waals surface area contributed by atoms with Gasteiger partial charge >= 0.3 is 5.97 Å². The minimum atomic E-state index is -1.02. The third kappa shape index (κ3) is 6.43. The maximum atomic E-state index is 11.5. The number of carbonyl (C=O) groups excluding carboxylic acids is 2. The van der Waals surface area contributed by atoms with Crippen molar-refractivity contribution >= 4 is 11.9 Å². The fraction of sp³-hybridized carbons (Fsp3) is 0.833. The highest BCUT2D eigenvalue weighted by Gasteiger charge is 2.26. The number of ether oxygens (including phenoxy) is 1. The van der Waals surface area contributed by atoms with Crippen LogP contribution in [-0.4, -0.2) is 18.5 Å². The zero-order valence-electron chi connectivity index (χ0n) is 10.4. The molecule has 0 amide bonds. The van der Waals surface area contributed by atoms with Crippen molar-refractivity contribution in [1.29, 1.82) is 0 Å². The molecule has 0 heterocycles. The van der Waals surface area contributed by atoms with E-state index in [9.17, 15) is 14.7 Å². The summed E-state index contributed by atoms with van der Waals surface area (Å²) in [5.74, 6) is -1.21. The van der Waals surface area contributed by atoms with Gasteiger partial charge in [-0.25, -0.2) is 0 Å². The van der Waals surface area contributed by atoms with Crippen LogP contribution in [0.2, 0.25) is 0 Å². The Kier molecular flexibility index (Phi) is 6.77. The quantitative estimate of drug-likeness (QED) is 0.464. The third-order valence-electron chi connectivity index (χ3n) is 2.69. The Labute approximate surface area is 97.0 Å². The monoisotopic (exact) mass is 229 g/mol. The lowest BCUT2D eigenvalue weighted by atomic mass is 9.91. The second-order valence-corrected chi connectivity index (χ2v) is 4.56. The molecule has 0 aromatic carbocycles. The second-order valence-electron chi connectivity index (χ2n) is 4.56. The average molecular weight is 229 g/mol. The van der Waals surface area contributed by atoms with Crippen molar-refractivity contribution in [1.82, 2.24) is 0 Å². The van der Waals surface area contributed by atoms with E-state index in [1.54, 1.807) is 0 Å². The van der Waals surface area contributed by atoms with Crippen LogP contribution in [0.1, 0.15) is 52.9 Å². The number of carbonyl (C=O) groups is 2. The molecule has 0 aromatic rings. The van der Waals surface area contributed by atoms with Gasteiger partial charge < -0.3 is 14.6 Å². The van der Waals surface area contributed by atoms with Crippen LogP contribution in [0.4, 0.5) is 0 Å². The molecule has 0 saturated carbocycles. The van der Waals surface area contributed by atoms with Crippen LogP contribution in [0.3, 0.4) is 0 Å². The first-order valence-electron chi connectivity index (χ1n) is 5.77. The summed E-state index contributed by atoms with van der Waals surface area (Å²) in [7, 11) is 0. The van der Waals surface area contributed by atoms with E-state index in [4.69, 9.17) is 4.74 Å². The summed E-state index contributed by atoms with van der Waals surface area (Å²) in [4.78, 5) is 21.6. The molecule has 0 rings (SSSR count). The summed E-state index contributed by atoms with van der Waals surface area (Å²) in [6.07, 6.45) is 2.86. The van der Waals surface area contributed by atoms with Gasteiger partial charge in [0, 0.05) is 5.97 Å². The largest absolute Gasteiger partial charge is 0.550 e. The van der Waals surface area contributed by atoms with Crippen LogP contribution in [0.15, 0.2) is 0 Å². The normalized spacial score (nSPS) is 11.2. The van der Waals surface area contributed by atoms with Gasteiger partial charge in [0.15, 0.2) is 0 Å². The summed E-state index contributed by atoms with van der Waals surface area (Å²) in [5, 5.41) is 10.1. The first kappa shape index (κ1) is 14.9. The van der Waals surface area contributed by atoms with E-state index in [2.05, 4.69) is 0 Å². The molecule has 0 atom stereocenters. The van der Waals surface area contributed by atoms with Crippen molar-refractivity contribution in [2.75, 3.05) is 6.61 Å². The molecule has 0 aliphatic heterocycles. The molecule has 0 bridgehead atoms. The van der Waals surface area contributed by atoms with E-state index in [0.717, 1.165) is 12.8 Å². The smallest absolute Gasteiger partial charge is 0.311 e. The number of aliphatic carboxylic acids is 1. The van der Waals surface area contributed by atoms with Gasteiger partial charge in [-0.15, -0.1) is 0 Å². The van der Waals surface area contributed by atoms with Crippen LogP contribution in [0, 0.1) is 5.41 Å². The highest BCUT2D eigenvalue weighted by atomic mass is 16.5. The van der Waals surface area contributed by atoms with E-state index >= 15 is 0 Å². The molecule has 4 nitrogen and oxygen atoms in total. The maximum Gasteiger partial charge on any atom is 0.311 e. The maximum absolute atomic E-state index is 11.5. The summed E-state index contributed by atoms with van der Waals surface area (Å²) in [6.45, 7) is 6.02. The number of carboxylic acid groups (broad SMARTS) is 1. The topological polar surface area (TPSA) is 66.4 Å². The van der Waals surface area contributed by atoms with Crippen molar-refractivity contribution in [3.05, 3.63) is 0 Å². The number of hydrogen-bond acceptors (Lipinski definition) is 4. The van der Waals surface area contributed by atoms with Crippen molar-refractivity contribution in [2.45, 2.75) is 52.9 Å². The second kappa shape index (κ2) is 7.25. The van der Waals surface area contributed by atoms with Gasteiger partial charge in [0.25, 0.3) is 0 Å². The predicted octanol–water partition coefficient (Wildman–Crippen LogP) is 1.28. The van der Waals surface area contributed by atoms with Gasteiger partial charge in [-0.1, -0.05) is 6.92 Å². The van der Waals surface area contributed by atoms with Gasteiger partial charge in [-0.3, -0.25) is 4.79 Å². The van der Waals surface area contributed by atoms with Crippen molar-refractivity contribution in [3.63, 3.8) is 0 Å². The van der Waals surface area contributed by atoms with Gasteiger partial charge in [0.05, 0.1) is 12.0 Å². The molecular formula is C12H21O4-. The highest BCUT2D eigenvalue weighted by molar-refractivity contribution is 5.75. The molecule has 0 N–H and O–H groups in total. The first-order chi connectivity index (χ1) is 7.40. The van der Waals surface area contributed by atoms with E-state index in [1.165, 1.54) is 0 Å². The van der Waals surface area contributed by atoms with E-state index in [1.807, 2.05) is 20.8 Å². The van der Waals surface area contributed by atoms with Crippen LogP contribution in [0.25, 0.3) is 0 Å². The first-order valence-corrected chi connectivity index (χ1v) is 5.77. The summed E-state index contributed by atoms with van der Waals surface area (Å²) in [5.41, 5.74) is -0.426. The van der Waals surface area contributed by atoms with Crippen molar-refractivity contribution in [3.8, 4) is 0 Å². The average Bonchev–Trinajstić information content (AvgIpc) is 2.22. The molecule has 0 aromatic heterocycles. The van der Waals surface area contributed by atoms with E-state index < -0.39 is 11.4 Å². The molecule has 16 heavy (non-hydrogen) atoms. The van der Waals surface area contributed by atoms with E-state index in [-0.39, 0.29) is 12.4 Å². The molecule has 0 aliphatic carbocycles. The van der Waals surface area contributed by atoms with Crippen LogP contribution in [-0.2, 0) is 14.3 Å². The zero-order valence-corrected chi connectivity index (χ0v) is 10.4. The molecule has 0 radical (unpaired) electrons. The van der Waals surface area contributed by atoms with Gasteiger partial charge in [-0.05, 0) is 46.0 Å². The number of rotatable bonds is 8.